The number of nitriles is 1. The summed E-state index contributed by atoms with van der Waals surface area (Å²) in [7, 11) is 1.31. The van der Waals surface area contributed by atoms with Gasteiger partial charge >= 0.3 is 6.18 Å². The van der Waals surface area contributed by atoms with Crippen molar-refractivity contribution in [3.8, 4) is 6.07 Å². The van der Waals surface area contributed by atoms with Gasteiger partial charge in [0, 0.05) is 19.2 Å². The largest absolute Gasteiger partial charge is 0.390 e. The first-order chi connectivity index (χ1) is 8.33. The van der Waals surface area contributed by atoms with Crippen molar-refractivity contribution in [3.63, 3.8) is 0 Å². The maximum Gasteiger partial charge on any atom is 0.390 e. The van der Waals surface area contributed by atoms with E-state index < -0.39 is 18.5 Å². The first-order valence-corrected chi connectivity index (χ1v) is 5.16. The number of rotatable bonds is 3. The van der Waals surface area contributed by atoms with Crippen LogP contribution in [-0.4, -0.2) is 30.6 Å². The van der Waals surface area contributed by atoms with Crippen LogP contribution in [0.25, 0.3) is 0 Å². The Hall–Kier alpha value is -2.03. The summed E-state index contributed by atoms with van der Waals surface area (Å²) in [5.74, 6) is -0.497. The lowest BCUT2D eigenvalue weighted by atomic mass is 10.1. The Morgan fingerprint density at radius 1 is 1.33 bits per heavy atom. The topological polar surface area (TPSA) is 44.1 Å². The number of carbonyl (C=O) groups is 1. The molecule has 0 aliphatic heterocycles. The van der Waals surface area contributed by atoms with Crippen molar-refractivity contribution in [3.05, 3.63) is 35.4 Å². The van der Waals surface area contributed by atoms with Gasteiger partial charge in [0.25, 0.3) is 5.91 Å². The molecule has 1 aromatic rings. The average molecular weight is 256 g/mol. The lowest BCUT2D eigenvalue weighted by Crippen LogP contribution is -2.30. The van der Waals surface area contributed by atoms with Crippen LogP contribution in [0, 0.1) is 11.3 Å². The fourth-order valence-corrected chi connectivity index (χ4v) is 1.30. The van der Waals surface area contributed by atoms with Crippen LogP contribution < -0.4 is 0 Å². The van der Waals surface area contributed by atoms with Gasteiger partial charge < -0.3 is 4.90 Å². The molecule has 1 aromatic carbocycles. The Balaban J connectivity index is 2.66. The normalized spacial score (nSPS) is 10.8. The van der Waals surface area contributed by atoms with E-state index in [9.17, 15) is 18.0 Å². The molecule has 0 bridgehead atoms. The summed E-state index contributed by atoms with van der Waals surface area (Å²) in [5.41, 5.74) is 0.656. The highest BCUT2D eigenvalue weighted by Gasteiger charge is 2.28. The third-order valence-electron chi connectivity index (χ3n) is 2.34. The SMILES string of the molecule is CN(CCC(F)(F)F)C(=O)c1ccc(C#N)cc1. The lowest BCUT2D eigenvalue weighted by Gasteiger charge is -2.18. The molecule has 0 aliphatic rings. The highest BCUT2D eigenvalue weighted by molar-refractivity contribution is 5.94. The number of hydrogen-bond donors (Lipinski definition) is 0. The molecule has 0 unspecified atom stereocenters. The van der Waals surface area contributed by atoms with Crippen LogP contribution in [0.4, 0.5) is 13.2 Å². The van der Waals surface area contributed by atoms with E-state index in [-0.39, 0.29) is 12.1 Å². The van der Waals surface area contributed by atoms with E-state index in [1.165, 1.54) is 31.3 Å². The van der Waals surface area contributed by atoms with Crippen molar-refractivity contribution in [2.75, 3.05) is 13.6 Å². The number of benzene rings is 1. The van der Waals surface area contributed by atoms with Crippen molar-refractivity contribution in [2.24, 2.45) is 0 Å². The van der Waals surface area contributed by atoms with Gasteiger partial charge in [-0.3, -0.25) is 4.79 Å². The van der Waals surface area contributed by atoms with Crippen LogP contribution in [0.2, 0.25) is 0 Å². The zero-order chi connectivity index (χ0) is 13.8. The Bertz CT molecular complexity index is 460. The Kier molecular flexibility index (Phi) is 4.32. The maximum absolute atomic E-state index is 12.0. The third kappa shape index (κ3) is 4.09. The number of carbonyl (C=O) groups excluding carboxylic acids is 1. The minimum Gasteiger partial charge on any atom is -0.341 e. The average Bonchev–Trinajstić information content (AvgIpc) is 2.34. The molecule has 0 saturated heterocycles. The minimum atomic E-state index is -4.28. The van der Waals surface area contributed by atoms with Gasteiger partial charge in [-0.1, -0.05) is 0 Å². The lowest BCUT2D eigenvalue weighted by molar-refractivity contribution is -0.136. The van der Waals surface area contributed by atoms with Gasteiger partial charge in [-0.25, -0.2) is 0 Å². The van der Waals surface area contributed by atoms with E-state index in [2.05, 4.69) is 0 Å². The second-order valence-corrected chi connectivity index (χ2v) is 3.78. The zero-order valence-corrected chi connectivity index (χ0v) is 9.66. The molecule has 0 heterocycles. The maximum atomic E-state index is 12.0. The monoisotopic (exact) mass is 256 g/mol. The summed E-state index contributed by atoms with van der Waals surface area (Å²) >= 11 is 0. The second-order valence-electron chi connectivity index (χ2n) is 3.78. The van der Waals surface area contributed by atoms with Crippen molar-refractivity contribution < 1.29 is 18.0 Å². The fourth-order valence-electron chi connectivity index (χ4n) is 1.30. The molecule has 18 heavy (non-hydrogen) atoms. The minimum absolute atomic E-state index is 0.263. The van der Waals surface area contributed by atoms with Gasteiger partial charge in [0.1, 0.15) is 0 Å². The predicted molar refractivity (Wildman–Crippen MR) is 58.8 cm³/mol. The Morgan fingerprint density at radius 3 is 2.33 bits per heavy atom. The highest BCUT2D eigenvalue weighted by Crippen LogP contribution is 2.19. The van der Waals surface area contributed by atoms with Gasteiger partial charge in [-0.15, -0.1) is 0 Å². The molecule has 0 saturated carbocycles. The van der Waals surface area contributed by atoms with E-state index in [4.69, 9.17) is 5.26 Å². The fraction of sp³-hybridized carbons (Fsp3) is 0.333. The van der Waals surface area contributed by atoms with Crippen LogP contribution in [0.3, 0.4) is 0 Å². The summed E-state index contributed by atoms with van der Waals surface area (Å²) in [5, 5.41) is 8.58. The Labute approximate surface area is 102 Å². The standard InChI is InChI=1S/C12H11F3N2O/c1-17(7-6-12(13,14)15)11(18)10-4-2-9(8-16)3-5-10/h2-5H,6-7H2,1H3. The summed E-state index contributed by atoms with van der Waals surface area (Å²) in [6.07, 6.45) is -5.31. The first kappa shape index (κ1) is 14.0. The molecule has 1 rings (SSSR count). The second kappa shape index (κ2) is 5.54. The van der Waals surface area contributed by atoms with Crippen LogP contribution >= 0.6 is 0 Å². The van der Waals surface area contributed by atoms with E-state index in [0.29, 0.717) is 5.56 Å². The van der Waals surface area contributed by atoms with Crippen molar-refractivity contribution in [1.82, 2.24) is 4.90 Å². The van der Waals surface area contributed by atoms with E-state index in [0.717, 1.165) is 4.90 Å². The smallest absolute Gasteiger partial charge is 0.341 e. The van der Waals surface area contributed by atoms with Gasteiger partial charge in [0.05, 0.1) is 18.1 Å². The van der Waals surface area contributed by atoms with Gasteiger partial charge in [-0.2, -0.15) is 18.4 Å². The summed E-state index contributed by atoms with van der Waals surface area (Å²) in [6.45, 7) is -0.387. The van der Waals surface area contributed by atoms with Gasteiger partial charge in [0.2, 0.25) is 0 Å². The molecule has 0 aromatic heterocycles. The predicted octanol–water partition coefficient (Wildman–Crippen LogP) is 2.58. The molecular weight excluding hydrogens is 245 g/mol. The number of amides is 1. The van der Waals surface area contributed by atoms with Crippen LogP contribution in [-0.2, 0) is 0 Å². The molecule has 0 fully saturated rings. The van der Waals surface area contributed by atoms with Crippen LogP contribution in [0.1, 0.15) is 22.3 Å². The molecule has 1 amide bonds. The molecule has 96 valence electrons. The molecule has 0 atom stereocenters. The molecule has 0 radical (unpaired) electrons. The summed E-state index contributed by atoms with van der Waals surface area (Å²) in [6, 6.07) is 7.64. The Morgan fingerprint density at radius 2 is 1.89 bits per heavy atom. The summed E-state index contributed by atoms with van der Waals surface area (Å²) < 4.78 is 36.0. The summed E-state index contributed by atoms with van der Waals surface area (Å²) in [4.78, 5) is 12.7. The number of alkyl halides is 3. The third-order valence-corrected chi connectivity index (χ3v) is 2.34. The number of hydrogen-bond acceptors (Lipinski definition) is 2. The van der Waals surface area contributed by atoms with Crippen molar-refractivity contribution in [2.45, 2.75) is 12.6 Å². The molecule has 3 nitrogen and oxygen atoms in total. The van der Waals surface area contributed by atoms with Crippen LogP contribution in [0.15, 0.2) is 24.3 Å². The van der Waals surface area contributed by atoms with Crippen LogP contribution in [0.5, 0.6) is 0 Å². The quantitative estimate of drug-likeness (QED) is 0.834. The molecule has 0 spiro atoms. The molecule has 6 heteroatoms. The zero-order valence-electron chi connectivity index (χ0n) is 9.66. The molecule has 0 aliphatic carbocycles. The molecule has 0 N–H and O–H groups in total. The molecular formula is C12H11F3N2O. The van der Waals surface area contributed by atoms with E-state index in [1.807, 2.05) is 6.07 Å². The van der Waals surface area contributed by atoms with E-state index in [1.54, 1.807) is 0 Å². The van der Waals surface area contributed by atoms with Crippen molar-refractivity contribution >= 4 is 5.91 Å². The highest BCUT2D eigenvalue weighted by atomic mass is 19.4. The first-order valence-electron chi connectivity index (χ1n) is 5.16. The van der Waals surface area contributed by atoms with Gasteiger partial charge in [0.15, 0.2) is 0 Å². The van der Waals surface area contributed by atoms with E-state index >= 15 is 0 Å². The number of halogens is 3. The van der Waals surface area contributed by atoms with Gasteiger partial charge in [-0.05, 0) is 24.3 Å². The van der Waals surface area contributed by atoms with Crippen molar-refractivity contribution in [1.29, 1.82) is 5.26 Å². The number of nitrogens with zero attached hydrogens (tertiary/aromatic N) is 2.